The molecule has 2 aliphatic rings. The lowest BCUT2D eigenvalue weighted by Crippen LogP contribution is -2.34. The van der Waals surface area contributed by atoms with Crippen molar-refractivity contribution in [2.75, 3.05) is 5.33 Å². The molecule has 0 saturated heterocycles. The lowest BCUT2D eigenvalue weighted by Gasteiger charge is -2.13. The van der Waals surface area contributed by atoms with Gasteiger partial charge in [0.1, 0.15) is 0 Å². The molecule has 2 nitrogen and oxygen atoms in total. The van der Waals surface area contributed by atoms with Crippen LogP contribution in [0.15, 0.2) is 0 Å². The highest BCUT2D eigenvalue weighted by molar-refractivity contribution is 9.09. The lowest BCUT2D eigenvalue weighted by atomic mass is 10.1. The fourth-order valence-corrected chi connectivity index (χ4v) is 3.47. The fraction of sp³-hybridized carbons (Fsp3) is 0.909. The van der Waals surface area contributed by atoms with Gasteiger partial charge in [0.15, 0.2) is 0 Å². The van der Waals surface area contributed by atoms with E-state index in [1.54, 1.807) is 0 Å². The Morgan fingerprint density at radius 3 is 2.71 bits per heavy atom. The van der Waals surface area contributed by atoms with Crippen molar-refractivity contribution in [1.29, 1.82) is 0 Å². The van der Waals surface area contributed by atoms with E-state index in [2.05, 4.69) is 28.2 Å². The van der Waals surface area contributed by atoms with E-state index in [1.807, 2.05) is 0 Å². The third-order valence-electron chi connectivity index (χ3n) is 3.64. The molecule has 80 valence electrons. The van der Waals surface area contributed by atoms with Gasteiger partial charge in [-0.1, -0.05) is 22.4 Å². The zero-order valence-corrected chi connectivity index (χ0v) is 10.2. The van der Waals surface area contributed by atoms with Crippen LogP contribution in [-0.2, 0) is 4.79 Å². The lowest BCUT2D eigenvalue weighted by molar-refractivity contribution is -0.123. The van der Waals surface area contributed by atoms with Gasteiger partial charge in [-0.3, -0.25) is 4.79 Å². The number of nitrogens with one attached hydrogen (secondary N) is 1. The first-order valence-electron chi connectivity index (χ1n) is 5.60. The van der Waals surface area contributed by atoms with Crippen LogP contribution >= 0.6 is 15.9 Å². The average Bonchev–Trinajstić information content (AvgIpc) is 2.61. The smallest absolute Gasteiger partial charge is 0.223 e. The molecule has 0 aromatic heterocycles. The number of fused-ring (bicyclic) bond motifs is 1. The number of amides is 1. The van der Waals surface area contributed by atoms with Gasteiger partial charge in [-0.2, -0.15) is 0 Å². The summed E-state index contributed by atoms with van der Waals surface area (Å²) in [6, 6.07) is 0.322. The molecular formula is C11H18BrNO. The van der Waals surface area contributed by atoms with Crippen molar-refractivity contribution in [3.05, 3.63) is 0 Å². The summed E-state index contributed by atoms with van der Waals surface area (Å²) in [4.78, 5) is 11.8. The van der Waals surface area contributed by atoms with Crippen molar-refractivity contribution in [1.82, 2.24) is 5.32 Å². The Bertz CT molecular complexity index is 221. The van der Waals surface area contributed by atoms with Crippen LogP contribution in [0.3, 0.4) is 0 Å². The Kier molecular flexibility index (Phi) is 3.15. The van der Waals surface area contributed by atoms with Crippen LogP contribution in [-0.4, -0.2) is 17.3 Å². The number of halogens is 1. The van der Waals surface area contributed by atoms with Gasteiger partial charge in [-0.25, -0.2) is 0 Å². The molecule has 3 heteroatoms. The molecule has 0 aromatic rings. The van der Waals surface area contributed by atoms with Crippen LogP contribution in [0.5, 0.6) is 0 Å². The SMILES string of the molecule is CC(CCBr)NC(=O)C1C2CCCC21. The predicted molar refractivity (Wildman–Crippen MR) is 60.3 cm³/mol. The van der Waals surface area contributed by atoms with Gasteiger partial charge in [-0.15, -0.1) is 0 Å². The van der Waals surface area contributed by atoms with E-state index >= 15 is 0 Å². The van der Waals surface area contributed by atoms with Gasteiger partial charge < -0.3 is 5.32 Å². The zero-order valence-electron chi connectivity index (χ0n) is 8.63. The molecule has 3 atom stereocenters. The number of alkyl halides is 1. The van der Waals surface area contributed by atoms with Gasteiger partial charge in [0.05, 0.1) is 0 Å². The standard InChI is InChI=1S/C11H18BrNO/c1-7(5-6-12)13-11(14)10-8-3-2-4-9(8)10/h7-10H,2-6H2,1H3,(H,13,14). The summed E-state index contributed by atoms with van der Waals surface area (Å²) in [5.41, 5.74) is 0. The second-order valence-electron chi connectivity index (χ2n) is 4.67. The van der Waals surface area contributed by atoms with Crippen molar-refractivity contribution >= 4 is 21.8 Å². The highest BCUT2D eigenvalue weighted by atomic mass is 79.9. The summed E-state index contributed by atoms with van der Waals surface area (Å²) < 4.78 is 0. The molecule has 1 amide bonds. The normalized spacial score (nSPS) is 36.3. The Morgan fingerprint density at radius 1 is 1.50 bits per heavy atom. The Morgan fingerprint density at radius 2 is 2.14 bits per heavy atom. The van der Waals surface area contributed by atoms with Crippen LogP contribution < -0.4 is 5.32 Å². The molecule has 2 fully saturated rings. The summed E-state index contributed by atoms with van der Waals surface area (Å²) in [7, 11) is 0. The minimum atomic E-state index is 0.313. The van der Waals surface area contributed by atoms with Crippen molar-refractivity contribution in [3.8, 4) is 0 Å². The van der Waals surface area contributed by atoms with E-state index in [0.29, 0.717) is 17.9 Å². The quantitative estimate of drug-likeness (QED) is 0.772. The molecule has 1 N–H and O–H groups in total. The van der Waals surface area contributed by atoms with Gasteiger partial charge >= 0.3 is 0 Å². The first-order chi connectivity index (χ1) is 6.74. The molecule has 0 spiro atoms. The van der Waals surface area contributed by atoms with Crippen LogP contribution in [0.25, 0.3) is 0 Å². The fourth-order valence-electron chi connectivity index (χ4n) is 2.79. The summed E-state index contributed by atoms with van der Waals surface area (Å²) in [6.45, 7) is 2.08. The van der Waals surface area contributed by atoms with Crippen molar-refractivity contribution in [2.24, 2.45) is 17.8 Å². The highest BCUT2D eigenvalue weighted by Crippen LogP contribution is 2.57. The minimum Gasteiger partial charge on any atom is -0.353 e. The van der Waals surface area contributed by atoms with Crippen LogP contribution in [0.2, 0.25) is 0 Å². The maximum atomic E-state index is 11.8. The van der Waals surface area contributed by atoms with E-state index in [1.165, 1.54) is 19.3 Å². The highest BCUT2D eigenvalue weighted by Gasteiger charge is 2.56. The first-order valence-corrected chi connectivity index (χ1v) is 6.72. The summed E-state index contributed by atoms with van der Waals surface area (Å²) in [6.07, 6.45) is 4.94. The second kappa shape index (κ2) is 4.21. The van der Waals surface area contributed by atoms with E-state index in [4.69, 9.17) is 0 Å². The third kappa shape index (κ3) is 1.97. The van der Waals surface area contributed by atoms with E-state index in [0.717, 1.165) is 23.6 Å². The van der Waals surface area contributed by atoms with Gasteiger partial charge in [0.25, 0.3) is 0 Å². The average molecular weight is 260 g/mol. The van der Waals surface area contributed by atoms with Crippen LogP contribution in [0.1, 0.15) is 32.6 Å². The number of carbonyl (C=O) groups is 1. The van der Waals surface area contributed by atoms with E-state index in [-0.39, 0.29) is 0 Å². The molecule has 0 radical (unpaired) electrons. The summed E-state index contributed by atoms with van der Waals surface area (Å²) >= 11 is 3.39. The number of rotatable bonds is 4. The molecule has 14 heavy (non-hydrogen) atoms. The zero-order chi connectivity index (χ0) is 10.1. The molecule has 0 aromatic carbocycles. The second-order valence-corrected chi connectivity index (χ2v) is 5.46. The van der Waals surface area contributed by atoms with Crippen LogP contribution in [0.4, 0.5) is 0 Å². The van der Waals surface area contributed by atoms with E-state index in [9.17, 15) is 4.79 Å². The Labute approximate surface area is 94.0 Å². The number of hydrogen-bond donors (Lipinski definition) is 1. The molecule has 2 aliphatic carbocycles. The van der Waals surface area contributed by atoms with Gasteiger partial charge in [0.2, 0.25) is 5.91 Å². The number of carbonyl (C=O) groups excluding carboxylic acids is 1. The minimum absolute atomic E-state index is 0.313. The molecule has 0 aliphatic heterocycles. The van der Waals surface area contributed by atoms with Crippen LogP contribution in [0, 0.1) is 17.8 Å². The molecule has 2 saturated carbocycles. The Balaban J connectivity index is 1.74. The molecular weight excluding hydrogens is 242 g/mol. The predicted octanol–water partition coefficient (Wildman–Crippen LogP) is 2.32. The van der Waals surface area contributed by atoms with Gasteiger partial charge in [-0.05, 0) is 38.0 Å². The summed E-state index contributed by atoms with van der Waals surface area (Å²) in [5.74, 6) is 2.17. The van der Waals surface area contributed by atoms with E-state index < -0.39 is 0 Å². The van der Waals surface area contributed by atoms with Crippen molar-refractivity contribution in [2.45, 2.75) is 38.6 Å². The molecule has 2 rings (SSSR count). The topological polar surface area (TPSA) is 29.1 Å². The molecule has 0 bridgehead atoms. The Hall–Kier alpha value is -0.0500. The maximum Gasteiger partial charge on any atom is 0.223 e. The molecule has 3 unspecified atom stereocenters. The molecule has 0 heterocycles. The largest absolute Gasteiger partial charge is 0.353 e. The maximum absolute atomic E-state index is 11.8. The van der Waals surface area contributed by atoms with Crippen molar-refractivity contribution in [3.63, 3.8) is 0 Å². The summed E-state index contributed by atoms with van der Waals surface area (Å²) in [5, 5.41) is 4.07. The van der Waals surface area contributed by atoms with Crippen molar-refractivity contribution < 1.29 is 4.79 Å². The van der Waals surface area contributed by atoms with Gasteiger partial charge in [0, 0.05) is 17.3 Å². The third-order valence-corrected chi connectivity index (χ3v) is 4.10. The number of hydrogen-bond acceptors (Lipinski definition) is 1. The first kappa shape index (κ1) is 10.5. The monoisotopic (exact) mass is 259 g/mol.